The van der Waals surface area contributed by atoms with E-state index >= 15 is 0 Å². The van der Waals surface area contributed by atoms with Crippen molar-refractivity contribution in [1.82, 2.24) is 10.1 Å². The molecule has 1 heterocycles. The molecule has 0 unspecified atom stereocenters. The predicted molar refractivity (Wildman–Crippen MR) is 62.0 cm³/mol. The van der Waals surface area contributed by atoms with Crippen LogP contribution in [-0.2, 0) is 5.88 Å². The SMILES string of the molecule is ClCc1noc(-c2ccc(Br)cc2Cl)n1. The summed E-state index contributed by atoms with van der Waals surface area (Å²) in [5.41, 5.74) is 0.698. The van der Waals surface area contributed by atoms with Crippen LogP contribution in [0.4, 0.5) is 0 Å². The van der Waals surface area contributed by atoms with Crippen molar-refractivity contribution in [1.29, 1.82) is 0 Å². The zero-order valence-corrected chi connectivity index (χ0v) is 10.5. The highest BCUT2D eigenvalue weighted by molar-refractivity contribution is 9.10. The zero-order valence-electron chi connectivity index (χ0n) is 7.38. The first-order valence-electron chi connectivity index (χ1n) is 4.04. The molecule has 0 saturated carbocycles. The van der Waals surface area contributed by atoms with E-state index in [-0.39, 0.29) is 5.88 Å². The number of halogens is 3. The predicted octanol–water partition coefficient (Wildman–Crippen LogP) is 3.89. The average Bonchev–Trinajstić information content (AvgIpc) is 2.66. The normalized spacial score (nSPS) is 10.6. The van der Waals surface area contributed by atoms with Gasteiger partial charge in [-0.05, 0) is 18.2 Å². The Morgan fingerprint density at radius 1 is 1.40 bits per heavy atom. The van der Waals surface area contributed by atoms with Gasteiger partial charge in [0.15, 0.2) is 5.82 Å². The van der Waals surface area contributed by atoms with E-state index in [0.717, 1.165) is 4.47 Å². The molecule has 0 aliphatic heterocycles. The van der Waals surface area contributed by atoms with Crippen LogP contribution in [0.2, 0.25) is 5.02 Å². The smallest absolute Gasteiger partial charge is 0.259 e. The third-order valence-corrected chi connectivity index (χ3v) is 2.79. The quantitative estimate of drug-likeness (QED) is 0.790. The van der Waals surface area contributed by atoms with Gasteiger partial charge in [0.05, 0.1) is 16.5 Å². The molecule has 1 aromatic carbocycles. The van der Waals surface area contributed by atoms with Crippen molar-refractivity contribution in [2.24, 2.45) is 0 Å². The summed E-state index contributed by atoms with van der Waals surface area (Å²) in [6, 6.07) is 5.42. The topological polar surface area (TPSA) is 38.9 Å². The summed E-state index contributed by atoms with van der Waals surface area (Å²) < 4.78 is 5.91. The Hall–Kier alpha value is -0.580. The molecule has 6 heteroatoms. The maximum absolute atomic E-state index is 6.03. The van der Waals surface area contributed by atoms with Crippen LogP contribution in [0.25, 0.3) is 11.5 Å². The van der Waals surface area contributed by atoms with E-state index in [9.17, 15) is 0 Å². The summed E-state index contributed by atoms with van der Waals surface area (Å²) in [7, 11) is 0. The molecule has 3 nitrogen and oxygen atoms in total. The molecule has 0 aliphatic carbocycles. The van der Waals surface area contributed by atoms with Gasteiger partial charge in [-0.1, -0.05) is 32.7 Å². The van der Waals surface area contributed by atoms with E-state index < -0.39 is 0 Å². The van der Waals surface area contributed by atoms with Crippen LogP contribution < -0.4 is 0 Å². The summed E-state index contributed by atoms with van der Waals surface area (Å²) in [4.78, 5) is 4.08. The lowest BCUT2D eigenvalue weighted by Gasteiger charge is -1.98. The van der Waals surface area contributed by atoms with Crippen molar-refractivity contribution in [2.45, 2.75) is 5.88 Å². The highest BCUT2D eigenvalue weighted by Gasteiger charge is 2.11. The van der Waals surface area contributed by atoms with Gasteiger partial charge in [0.2, 0.25) is 0 Å². The van der Waals surface area contributed by atoms with Crippen molar-refractivity contribution in [3.05, 3.63) is 33.5 Å². The number of rotatable bonds is 2. The van der Waals surface area contributed by atoms with E-state index in [2.05, 4.69) is 26.1 Å². The van der Waals surface area contributed by atoms with E-state index in [0.29, 0.717) is 22.3 Å². The molecule has 0 amide bonds. The third kappa shape index (κ3) is 2.33. The molecule has 0 N–H and O–H groups in total. The van der Waals surface area contributed by atoms with Gasteiger partial charge in [0.1, 0.15) is 0 Å². The molecule has 0 spiro atoms. The first kappa shape index (κ1) is 10.9. The second-order valence-corrected chi connectivity index (χ2v) is 4.36. The molecule has 2 aromatic rings. The van der Waals surface area contributed by atoms with Gasteiger partial charge in [-0.3, -0.25) is 0 Å². The Morgan fingerprint density at radius 2 is 2.20 bits per heavy atom. The fourth-order valence-corrected chi connectivity index (χ4v) is 1.94. The molecule has 0 bridgehead atoms. The summed E-state index contributed by atoms with van der Waals surface area (Å²) in [6.07, 6.45) is 0. The Bertz CT molecular complexity index is 487. The Morgan fingerprint density at radius 3 is 2.80 bits per heavy atom. The van der Waals surface area contributed by atoms with Gasteiger partial charge in [-0.25, -0.2) is 0 Å². The molecule has 0 fully saturated rings. The first-order chi connectivity index (χ1) is 7.20. The van der Waals surface area contributed by atoms with E-state index in [1.165, 1.54) is 0 Å². The second kappa shape index (κ2) is 4.51. The lowest BCUT2D eigenvalue weighted by molar-refractivity contribution is 0.425. The molecule has 0 radical (unpaired) electrons. The minimum Gasteiger partial charge on any atom is -0.334 e. The van der Waals surface area contributed by atoms with Crippen molar-refractivity contribution in [2.75, 3.05) is 0 Å². The highest BCUT2D eigenvalue weighted by atomic mass is 79.9. The van der Waals surface area contributed by atoms with Crippen LogP contribution in [0, 0.1) is 0 Å². The fraction of sp³-hybridized carbons (Fsp3) is 0.111. The Balaban J connectivity index is 2.44. The molecule has 0 saturated heterocycles. The first-order valence-corrected chi connectivity index (χ1v) is 5.75. The van der Waals surface area contributed by atoms with Gasteiger partial charge >= 0.3 is 0 Å². The molecule has 15 heavy (non-hydrogen) atoms. The molecular formula is C9H5BrCl2N2O. The van der Waals surface area contributed by atoms with Crippen molar-refractivity contribution >= 4 is 39.1 Å². The van der Waals surface area contributed by atoms with Crippen LogP contribution in [0.3, 0.4) is 0 Å². The minimum absolute atomic E-state index is 0.220. The maximum Gasteiger partial charge on any atom is 0.259 e. The molecular weight excluding hydrogens is 303 g/mol. The molecule has 1 aromatic heterocycles. The number of hydrogen-bond acceptors (Lipinski definition) is 3. The van der Waals surface area contributed by atoms with Gasteiger partial charge in [0.25, 0.3) is 5.89 Å². The third-order valence-electron chi connectivity index (χ3n) is 1.75. The molecule has 2 rings (SSSR count). The molecule has 0 aliphatic rings. The van der Waals surface area contributed by atoms with Crippen molar-refractivity contribution < 1.29 is 4.52 Å². The number of hydrogen-bond donors (Lipinski definition) is 0. The van der Waals surface area contributed by atoms with Gasteiger partial charge in [-0.15, -0.1) is 11.6 Å². The second-order valence-electron chi connectivity index (χ2n) is 2.77. The number of benzene rings is 1. The highest BCUT2D eigenvalue weighted by Crippen LogP contribution is 2.29. The lowest BCUT2D eigenvalue weighted by Crippen LogP contribution is -1.82. The van der Waals surface area contributed by atoms with Gasteiger partial charge < -0.3 is 4.52 Å². The summed E-state index contributed by atoms with van der Waals surface area (Å²) in [5.74, 6) is 1.05. The minimum atomic E-state index is 0.220. The number of nitrogens with zero attached hydrogens (tertiary/aromatic N) is 2. The maximum atomic E-state index is 6.03. The van der Waals surface area contributed by atoms with E-state index in [1.54, 1.807) is 12.1 Å². The summed E-state index contributed by atoms with van der Waals surface area (Å²) in [6.45, 7) is 0. The van der Waals surface area contributed by atoms with E-state index in [1.807, 2.05) is 6.07 Å². The van der Waals surface area contributed by atoms with Crippen LogP contribution in [0.1, 0.15) is 5.82 Å². The van der Waals surface area contributed by atoms with Crippen LogP contribution >= 0.6 is 39.1 Å². The standard InChI is InChI=1S/C9H5BrCl2N2O/c10-5-1-2-6(7(12)3-5)9-13-8(4-11)14-15-9/h1-3H,4H2. The summed E-state index contributed by atoms with van der Waals surface area (Å²) in [5, 5.41) is 4.24. The number of aromatic nitrogens is 2. The van der Waals surface area contributed by atoms with Crippen LogP contribution in [0.15, 0.2) is 27.2 Å². The fourth-order valence-electron chi connectivity index (χ4n) is 1.08. The van der Waals surface area contributed by atoms with Gasteiger partial charge in [0, 0.05) is 4.47 Å². The van der Waals surface area contributed by atoms with Crippen molar-refractivity contribution in [3.63, 3.8) is 0 Å². The monoisotopic (exact) mass is 306 g/mol. The lowest BCUT2D eigenvalue weighted by atomic mass is 10.2. The number of alkyl halides is 1. The largest absolute Gasteiger partial charge is 0.334 e. The van der Waals surface area contributed by atoms with E-state index in [4.69, 9.17) is 27.7 Å². The zero-order chi connectivity index (χ0) is 10.8. The Kier molecular flexibility index (Phi) is 3.29. The molecule has 0 atom stereocenters. The molecule has 78 valence electrons. The van der Waals surface area contributed by atoms with Crippen LogP contribution in [-0.4, -0.2) is 10.1 Å². The average molecular weight is 308 g/mol. The van der Waals surface area contributed by atoms with Gasteiger partial charge in [-0.2, -0.15) is 4.98 Å². The summed E-state index contributed by atoms with van der Waals surface area (Å²) >= 11 is 14.9. The van der Waals surface area contributed by atoms with Crippen LogP contribution in [0.5, 0.6) is 0 Å². The Labute approximate surface area is 105 Å². The van der Waals surface area contributed by atoms with Crippen molar-refractivity contribution in [3.8, 4) is 11.5 Å².